The van der Waals surface area contributed by atoms with Crippen LogP contribution in [0.25, 0.3) is 0 Å². The molecule has 1 rings (SSSR count). The van der Waals surface area contributed by atoms with Crippen molar-refractivity contribution in [3.05, 3.63) is 22.1 Å². The lowest BCUT2D eigenvalue weighted by Crippen LogP contribution is -2.24. The summed E-state index contributed by atoms with van der Waals surface area (Å²) in [7, 11) is 1.55. The van der Waals surface area contributed by atoms with Crippen LogP contribution in [0.1, 0.15) is 6.92 Å². The van der Waals surface area contributed by atoms with Crippen molar-refractivity contribution in [2.24, 2.45) is 0 Å². The molecule has 0 amide bonds. The van der Waals surface area contributed by atoms with Gasteiger partial charge in [-0.05, 0) is 6.92 Å². The monoisotopic (exact) mass is 189 g/mol. The third-order valence-corrected chi connectivity index (χ3v) is 2.27. The van der Waals surface area contributed by atoms with E-state index in [9.17, 15) is 0 Å². The quantitative estimate of drug-likeness (QED) is 0.680. The molecule has 0 radical (unpaired) electrons. The molecule has 0 bridgehead atoms. The van der Waals surface area contributed by atoms with Crippen LogP contribution >= 0.6 is 11.6 Å². The number of dihydropyridines is 1. The summed E-state index contributed by atoms with van der Waals surface area (Å²) in [6, 6.07) is 0. The molecule has 0 saturated heterocycles. The fraction of sp³-hybridized carbons (Fsp3) is 0.500. The first kappa shape index (κ1) is 9.42. The van der Waals surface area contributed by atoms with Crippen LogP contribution in [-0.4, -0.2) is 25.4 Å². The Morgan fingerprint density at radius 1 is 1.67 bits per heavy atom. The lowest BCUT2D eigenvalue weighted by atomic mass is 10.1. The number of allylic oxidation sites excluding steroid dienone is 2. The lowest BCUT2D eigenvalue weighted by molar-refractivity contribution is 0.272. The van der Waals surface area contributed by atoms with Crippen molar-refractivity contribution >= 4 is 11.6 Å². The average molecular weight is 190 g/mol. The van der Waals surface area contributed by atoms with Gasteiger partial charge in [-0.2, -0.15) is 0 Å². The molecule has 4 heteroatoms. The van der Waals surface area contributed by atoms with Crippen LogP contribution in [0.2, 0.25) is 0 Å². The third-order valence-electron chi connectivity index (χ3n) is 1.81. The van der Waals surface area contributed by atoms with Crippen LogP contribution in [0, 0.1) is 0 Å². The van der Waals surface area contributed by atoms with E-state index in [4.69, 9.17) is 21.4 Å². The topological polar surface area (TPSA) is 41.5 Å². The first-order valence-corrected chi connectivity index (χ1v) is 4.06. The molecule has 1 aliphatic rings. The highest BCUT2D eigenvalue weighted by Crippen LogP contribution is 2.25. The molecule has 0 aromatic carbocycles. The van der Waals surface area contributed by atoms with Gasteiger partial charge in [-0.3, -0.25) is 0 Å². The maximum atomic E-state index is 8.94. The van der Waals surface area contributed by atoms with Crippen LogP contribution < -0.4 is 5.32 Å². The second kappa shape index (κ2) is 3.83. The normalized spacial score (nSPS) is 18.0. The summed E-state index contributed by atoms with van der Waals surface area (Å²) in [5.74, 6) is 0.593. The van der Waals surface area contributed by atoms with Gasteiger partial charge in [0.2, 0.25) is 0 Å². The van der Waals surface area contributed by atoms with Crippen LogP contribution in [0.4, 0.5) is 0 Å². The van der Waals surface area contributed by atoms with Gasteiger partial charge in [0.25, 0.3) is 0 Å². The Balaban J connectivity index is 3.01. The molecule has 0 spiro atoms. The highest BCUT2D eigenvalue weighted by molar-refractivity contribution is 6.32. The molecule has 0 fully saturated rings. The van der Waals surface area contributed by atoms with E-state index in [1.807, 2.05) is 6.92 Å². The number of nitrogens with one attached hydrogen (secondary N) is 1. The van der Waals surface area contributed by atoms with Crippen molar-refractivity contribution in [1.29, 1.82) is 0 Å². The van der Waals surface area contributed by atoms with Gasteiger partial charge in [0.1, 0.15) is 10.8 Å². The lowest BCUT2D eigenvalue weighted by Gasteiger charge is -2.20. The van der Waals surface area contributed by atoms with Gasteiger partial charge in [-0.1, -0.05) is 11.6 Å². The predicted molar refractivity (Wildman–Crippen MR) is 47.7 cm³/mol. The molecule has 0 aromatic rings. The standard InChI is InChI=1S/C8H12ClNO2/c1-5-7(9)8(12-2)6(4-11)3-10-5/h10-11H,3-4H2,1-2H3. The maximum Gasteiger partial charge on any atom is 0.142 e. The second-order valence-electron chi connectivity index (χ2n) is 2.59. The zero-order chi connectivity index (χ0) is 9.14. The van der Waals surface area contributed by atoms with Gasteiger partial charge < -0.3 is 15.2 Å². The highest BCUT2D eigenvalue weighted by Gasteiger charge is 2.17. The Morgan fingerprint density at radius 2 is 2.33 bits per heavy atom. The molecule has 0 aliphatic carbocycles. The molecule has 1 aliphatic heterocycles. The Hall–Kier alpha value is -0.670. The average Bonchev–Trinajstić information content (AvgIpc) is 2.09. The van der Waals surface area contributed by atoms with Gasteiger partial charge in [0.15, 0.2) is 0 Å². The van der Waals surface area contributed by atoms with Crippen molar-refractivity contribution in [1.82, 2.24) is 5.32 Å². The molecular formula is C8H12ClNO2. The summed E-state index contributed by atoms with van der Waals surface area (Å²) in [5.41, 5.74) is 1.67. The van der Waals surface area contributed by atoms with Gasteiger partial charge in [-0.25, -0.2) is 0 Å². The Kier molecular flexibility index (Phi) is 3.00. The largest absolute Gasteiger partial charge is 0.495 e. The van der Waals surface area contributed by atoms with E-state index < -0.39 is 0 Å². The summed E-state index contributed by atoms with van der Waals surface area (Å²) < 4.78 is 5.07. The molecule has 0 aromatic heterocycles. The smallest absolute Gasteiger partial charge is 0.142 e. The van der Waals surface area contributed by atoms with Crippen molar-refractivity contribution in [2.75, 3.05) is 20.3 Å². The van der Waals surface area contributed by atoms with E-state index in [0.717, 1.165) is 11.3 Å². The molecule has 0 atom stereocenters. The van der Waals surface area contributed by atoms with E-state index in [2.05, 4.69) is 5.32 Å². The third kappa shape index (κ3) is 1.57. The summed E-state index contributed by atoms with van der Waals surface area (Å²) in [4.78, 5) is 0. The number of halogens is 1. The van der Waals surface area contributed by atoms with Crippen LogP contribution in [0.15, 0.2) is 22.1 Å². The van der Waals surface area contributed by atoms with Crippen molar-refractivity contribution in [3.8, 4) is 0 Å². The number of hydrogen-bond donors (Lipinski definition) is 2. The van der Waals surface area contributed by atoms with Crippen LogP contribution in [0.5, 0.6) is 0 Å². The molecular weight excluding hydrogens is 178 g/mol. The molecule has 1 heterocycles. The van der Waals surface area contributed by atoms with Crippen molar-refractivity contribution < 1.29 is 9.84 Å². The molecule has 0 unspecified atom stereocenters. The van der Waals surface area contributed by atoms with E-state index >= 15 is 0 Å². The summed E-state index contributed by atoms with van der Waals surface area (Å²) >= 11 is 5.93. The minimum atomic E-state index is -0.0281. The highest BCUT2D eigenvalue weighted by atomic mass is 35.5. The number of rotatable bonds is 2. The first-order valence-electron chi connectivity index (χ1n) is 3.68. The van der Waals surface area contributed by atoms with Crippen molar-refractivity contribution in [2.45, 2.75) is 6.92 Å². The molecule has 2 N–H and O–H groups in total. The van der Waals surface area contributed by atoms with Gasteiger partial charge >= 0.3 is 0 Å². The Morgan fingerprint density at radius 3 is 2.83 bits per heavy atom. The van der Waals surface area contributed by atoms with Gasteiger partial charge in [-0.15, -0.1) is 0 Å². The Labute approximate surface area is 76.7 Å². The number of ether oxygens (including phenoxy) is 1. The van der Waals surface area contributed by atoms with Crippen LogP contribution in [-0.2, 0) is 4.74 Å². The number of hydrogen-bond acceptors (Lipinski definition) is 3. The second-order valence-corrected chi connectivity index (χ2v) is 2.97. The number of aliphatic hydroxyl groups is 1. The minimum absolute atomic E-state index is 0.0281. The Bertz CT molecular complexity index is 245. The molecule has 12 heavy (non-hydrogen) atoms. The zero-order valence-corrected chi connectivity index (χ0v) is 7.90. The van der Waals surface area contributed by atoms with E-state index in [-0.39, 0.29) is 6.61 Å². The summed E-state index contributed by atoms with van der Waals surface area (Å²) in [6.45, 7) is 2.44. The summed E-state index contributed by atoms with van der Waals surface area (Å²) in [6.07, 6.45) is 0. The number of aliphatic hydroxyl groups excluding tert-OH is 1. The zero-order valence-electron chi connectivity index (χ0n) is 7.15. The first-order chi connectivity index (χ1) is 5.70. The molecule has 3 nitrogen and oxygen atoms in total. The number of methoxy groups -OCH3 is 1. The van der Waals surface area contributed by atoms with E-state index in [0.29, 0.717) is 17.3 Å². The van der Waals surface area contributed by atoms with Crippen molar-refractivity contribution in [3.63, 3.8) is 0 Å². The predicted octanol–water partition coefficient (Wildman–Crippen LogP) is 0.953. The summed E-state index contributed by atoms with van der Waals surface area (Å²) in [5, 5.41) is 12.5. The molecule has 0 saturated carbocycles. The molecule has 68 valence electrons. The fourth-order valence-corrected chi connectivity index (χ4v) is 1.36. The SMILES string of the molecule is COC1=C(CO)CNC(C)=C1Cl. The minimum Gasteiger partial charge on any atom is -0.495 e. The van der Waals surface area contributed by atoms with Gasteiger partial charge in [0.05, 0.1) is 13.7 Å². The fourth-order valence-electron chi connectivity index (χ4n) is 1.08. The van der Waals surface area contributed by atoms with E-state index in [1.165, 1.54) is 0 Å². The van der Waals surface area contributed by atoms with Crippen LogP contribution in [0.3, 0.4) is 0 Å². The van der Waals surface area contributed by atoms with Gasteiger partial charge in [0, 0.05) is 17.8 Å². The van der Waals surface area contributed by atoms with E-state index in [1.54, 1.807) is 7.11 Å². The maximum absolute atomic E-state index is 8.94.